The third-order valence-electron chi connectivity index (χ3n) is 2.67. The minimum absolute atomic E-state index is 0.138. The number of rotatable bonds is 3. The van der Waals surface area contributed by atoms with E-state index in [1.807, 2.05) is 20.9 Å². The Hall–Kier alpha value is -2.10. The number of carbonyl (C=O) groups excluding carboxylic acids is 1. The Bertz CT molecular complexity index is 576. The van der Waals surface area contributed by atoms with Gasteiger partial charge >= 0.3 is 0 Å². The molecule has 4 nitrogen and oxygen atoms in total. The summed E-state index contributed by atoms with van der Waals surface area (Å²) in [6, 6.07) is 3.45. The van der Waals surface area contributed by atoms with E-state index in [1.165, 1.54) is 6.08 Å². The maximum Gasteiger partial charge on any atom is 0.221 e. The zero-order chi connectivity index (χ0) is 12.4. The molecule has 2 rings (SSSR count). The number of furan rings is 1. The van der Waals surface area contributed by atoms with E-state index in [1.54, 1.807) is 29.1 Å². The van der Waals surface area contributed by atoms with E-state index >= 15 is 0 Å². The monoisotopic (exact) mass is 230 g/mol. The van der Waals surface area contributed by atoms with E-state index in [0.29, 0.717) is 5.76 Å². The average Bonchev–Trinajstić information content (AvgIpc) is 2.86. The molecular weight excluding hydrogens is 216 g/mol. The van der Waals surface area contributed by atoms with Crippen molar-refractivity contribution in [1.82, 2.24) is 9.78 Å². The van der Waals surface area contributed by atoms with Crippen molar-refractivity contribution in [3.8, 4) is 0 Å². The van der Waals surface area contributed by atoms with Crippen LogP contribution in [-0.4, -0.2) is 15.6 Å². The summed E-state index contributed by atoms with van der Waals surface area (Å²) in [7, 11) is 1.87. The SMILES string of the molecule is Cc1ccc(C(=O)/C=C/c2cnn(C)c2C)o1. The smallest absolute Gasteiger partial charge is 0.221 e. The molecule has 0 aliphatic carbocycles. The van der Waals surface area contributed by atoms with Crippen molar-refractivity contribution in [2.45, 2.75) is 13.8 Å². The summed E-state index contributed by atoms with van der Waals surface area (Å²) in [5.41, 5.74) is 1.95. The molecule has 0 saturated heterocycles. The fraction of sp³-hybridized carbons (Fsp3) is 0.231. The largest absolute Gasteiger partial charge is 0.458 e. The Morgan fingerprint density at radius 1 is 1.41 bits per heavy atom. The van der Waals surface area contributed by atoms with Crippen molar-refractivity contribution >= 4 is 11.9 Å². The molecule has 0 amide bonds. The summed E-state index contributed by atoms with van der Waals surface area (Å²) in [5, 5.41) is 4.10. The molecule has 17 heavy (non-hydrogen) atoms. The van der Waals surface area contributed by atoms with Crippen LogP contribution < -0.4 is 0 Å². The van der Waals surface area contributed by atoms with E-state index in [9.17, 15) is 4.79 Å². The maximum atomic E-state index is 11.7. The normalized spacial score (nSPS) is 11.2. The predicted molar refractivity (Wildman–Crippen MR) is 64.8 cm³/mol. The summed E-state index contributed by atoms with van der Waals surface area (Å²) < 4.78 is 7.01. The Kier molecular flexibility index (Phi) is 2.95. The molecule has 0 fully saturated rings. The van der Waals surface area contributed by atoms with Gasteiger partial charge in [-0.15, -0.1) is 0 Å². The number of nitrogens with zero attached hydrogens (tertiary/aromatic N) is 2. The molecule has 0 N–H and O–H groups in total. The van der Waals surface area contributed by atoms with Gasteiger partial charge in [0.05, 0.1) is 6.20 Å². The highest BCUT2D eigenvalue weighted by atomic mass is 16.3. The van der Waals surface area contributed by atoms with Crippen LogP contribution >= 0.6 is 0 Å². The van der Waals surface area contributed by atoms with Crippen molar-refractivity contribution in [2.75, 3.05) is 0 Å². The van der Waals surface area contributed by atoms with Gasteiger partial charge in [0.25, 0.3) is 0 Å². The zero-order valence-corrected chi connectivity index (χ0v) is 10.1. The van der Waals surface area contributed by atoms with Crippen molar-refractivity contribution in [1.29, 1.82) is 0 Å². The first-order chi connectivity index (χ1) is 8.08. The second-order valence-electron chi connectivity index (χ2n) is 3.92. The number of allylic oxidation sites excluding steroid dienone is 1. The van der Waals surface area contributed by atoms with Crippen molar-refractivity contribution in [3.05, 3.63) is 47.2 Å². The van der Waals surface area contributed by atoms with E-state index in [2.05, 4.69) is 5.10 Å². The van der Waals surface area contributed by atoms with Gasteiger partial charge in [-0.05, 0) is 38.1 Å². The quantitative estimate of drug-likeness (QED) is 0.601. The third-order valence-corrected chi connectivity index (χ3v) is 2.67. The van der Waals surface area contributed by atoms with Crippen LogP contribution in [0.25, 0.3) is 6.08 Å². The van der Waals surface area contributed by atoms with Crippen molar-refractivity contribution in [3.63, 3.8) is 0 Å². The lowest BCUT2D eigenvalue weighted by Gasteiger charge is -1.93. The Morgan fingerprint density at radius 2 is 2.18 bits per heavy atom. The molecule has 2 aromatic heterocycles. The van der Waals surface area contributed by atoms with Gasteiger partial charge in [0.1, 0.15) is 5.76 Å². The highest BCUT2D eigenvalue weighted by Crippen LogP contribution is 2.11. The standard InChI is InChI=1S/C13H14N2O2/c1-9-4-7-13(17-9)12(16)6-5-11-8-14-15(3)10(11)2/h4-8H,1-3H3/b6-5+. The molecule has 88 valence electrons. The van der Waals surface area contributed by atoms with Crippen molar-refractivity contribution in [2.24, 2.45) is 7.05 Å². The molecular formula is C13H14N2O2. The summed E-state index contributed by atoms with van der Waals surface area (Å²) in [6.45, 7) is 3.76. The second kappa shape index (κ2) is 4.41. The first-order valence-electron chi connectivity index (χ1n) is 5.35. The summed E-state index contributed by atoms with van der Waals surface area (Å²) in [4.78, 5) is 11.7. The minimum atomic E-state index is -0.138. The number of hydrogen-bond donors (Lipinski definition) is 0. The molecule has 0 bridgehead atoms. The van der Waals surface area contributed by atoms with E-state index in [4.69, 9.17) is 4.42 Å². The van der Waals surface area contributed by atoms with Gasteiger partial charge < -0.3 is 4.42 Å². The average molecular weight is 230 g/mol. The van der Waals surface area contributed by atoms with Crippen LogP contribution in [0.5, 0.6) is 0 Å². The van der Waals surface area contributed by atoms with E-state index in [0.717, 1.165) is 17.0 Å². The van der Waals surface area contributed by atoms with Crippen LogP contribution in [0.4, 0.5) is 0 Å². The molecule has 4 heteroatoms. The molecule has 0 radical (unpaired) electrons. The number of ketones is 1. The van der Waals surface area contributed by atoms with Gasteiger partial charge in [-0.3, -0.25) is 9.48 Å². The number of aryl methyl sites for hydroxylation is 2. The summed E-state index contributed by atoms with van der Waals surface area (Å²) in [5.74, 6) is 0.959. The van der Waals surface area contributed by atoms with Gasteiger partial charge in [-0.2, -0.15) is 5.10 Å². The Labute approximate surface area is 99.6 Å². The number of carbonyl (C=O) groups is 1. The molecule has 0 saturated carbocycles. The minimum Gasteiger partial charge on any atom is -0.458 e. The molecule has 0 unspecified atom stereocenters. The number of aromatic nitrogens is 2. The fourth-order valence-electron chi connectivity index (χ4n) is 1.49. The Morgan fingerprint density at radius 3 is 2.71 bits per heavy atom. The molecule has 0 aromatic carbocycles. The highest BCUT2D eigenvalue weighted by Gasteiger charge is 2.06. The van der Waals surface area contributed by atoms with Crippen LogP contribution in [0, 0.1) is 13.8 Å². The molecule has 0 atom stereocenters. The van der Waals surface area contributed by atoms with E-state index < -0.39 is 0 Å². The maximum absolute atomic E-state index is 11.7. The Balaban J connectivity index is 2.16. The molecule has 0 aliphatic heterocycles. The van der Waals surface area contributed by atoms with Crippen LogP contribution in [-0.2, 0) is 7.05 Å². The van der Waals surface area contributed by atoms with Crippen LogP contribution in [0.1, 0.15) is 27.6 Å². The zero-order valence-electron chi connectivity index (χ0n) is 10.1. The van der Waals surface area contributed by atoms with Crippen molar-refractivity contribution < 1.29 is 9.21 Å². The van der Waals surface area contributed by atoms with Gasteiger partial charge in [0.15, 0.2) is 5.76 Å². The topological polar surface area (TPSA) is 48.0 Å². The second-order valence-corrected chi connectivity index (χ2v) is 3.92. The van der Waals surface area contributed by atoms with Gasteiger partial charge in [-0.1, -0.05) is 0 Å². The lowest BCUT2D eigenvalue weighted by Crippen LogP contribution is -1.93. The van der Waals surface area contributed by atoms with E-state index in [-0.39, 0.29) is 5.78 Å². The first-order valence-corrected chi connectivity index (χ1v) is 5.35. The number of hydrogen-bond acceptors (Lipinski definition) is 3. The predicted octanol–water partition coefficient (Wildman–Crippen LogP) is 2.53. The molecule has 0 spiro atoms. The summed E-state index contributed by atoms with van der Waals surface area (Å²) in [6.07, 6.45) is 4.98. The van der Waals surface area contributed by atoms with Gasteiger partial charge in [0, 0.05) is 18.3 Å². The van der Waals surface area contributed by atoms with Gasteiger partial charge in [-0.25, -0.2) is 0 Å². The lowest BCUT2D eigenvalue weighted by molar-refractivity contribution is 0.102. The fourth-order valence-corrected chi connectivity index (χ4v) is 1.49. The third kappa shape index (κ3) is 2.36. The molecule has 2 aromatic rings. The lowest BCUT2D eigenvalue weighted by atomic mass is 10.2. The van der Waals surface area contributed by atoms with Gasteiger partial charge in [0.2, 0.25) is 5.78 Å². The van der Waals surface area contributed by atoms with Crippen LogP contribution in [0.15, 0.2) is 28.8 Å². The van der Waals surface area contributed by atoms with Crippen LogP contribution in [0.2, 0.25) is 0 Å². The molecule has 2 heterocycles. The highest BCUT2D eigenvalue weighted by molar-refractivity contribution is 6.04. The molecule has 0 aliphatic rings. The van der Waals surface area contributed by atoms with Crippen LogP contribution in [0.3, 0.4) is 0 Å². The first kappa shape index (κ1) is 11.4. The summed E-state index contributed by atoms with van der Waals surface area (Å²) >= 11 is 0.